The first-order chi connectivity index (χ1) is 13.6. The Kier molecular flexibility index (Phi) is 6.26. The van der Waals surface area contributed by atoms with E-state index in [4.69, 9.17) is 9.57 Å². The van der Waals surface area contributed by atoms with Gasteiger partial charge < -0.3 is 9.57 Å². The molecule has 28 heavy (non-hydrogen) atoms. The zero-order chi connectivity index (χ0) is 19.9. The van der Waals surface area contributed by atoms with Crippen molar-refractivity contribution in [2.45, 2.75) is 26.5 Å². The number of aryl methyl sites for hydroxylation is 1. The molecule has 0 saturated carbocycles. The average Bonchev–Trinajstić information content (AvgIpc) is 2.98. The van der Waals surface area contributed by atoms with Gasteiger partial charge in [0, 0.05) is 13.5 Å². The molecule has 0 spiro atoms. The van der Waals surface area contributed by atoms with Crippen molar-refractivity contribution in [1.82, 2.24) is 14.3 Å². The maximum Gasteiger partial charge on any atom is 0.348 e. The van der Waals surface area contributed by atoms with E-state index in [0.29, 0.717) is 25.6 Å². The molecule has 0 aliphatic rings. The maximum absolute atomic E-state index is 12.1. The average molecular weight is 380 g/mol. The van der Waals surface area contributed by atoms with Gasteiger partial charge in [0.1, 0.15) is 6.61 Å². The van der Waals surface area contributed by atoms with Crippen molar-refractivity contribution in [2.75, 3.05) is 7.11 Å². The van der Waals surface area contributed by atoms with Crippen LogP contribution in [0, 0.1) is 0 Å². The van der Waals surface area contributed by atoms with Gasteiger partial charge in [0.05, 0.1) is 19.4 Å². The molecule has 146 valence electrons. The summed E-state index contributed by atoms with van der Waals surface area (Å²) in [5.74, 6) is 0. The van der Waals surface area contributed by atoms with E-state index in [1.54, 1.807) is 7.05 Å². The van der Waals surface area contributed by atoms with Crippen LogP contribution >= 0.6 is 0 Å². The first-order valence-electron chi connectivity index (χ1n) is 9.02. The van der Waals surface area contributed by atoms with Gasteiger partial charge in [-0.3, -0.25) is 0 Å². The Hall–Kier alpha value is -3.35. The van der Waals surface area contributed by atoms with E-state index in [1.807, 2.05) is 61.5 Å². The Balaban J connectivity index is 1.58. The van der Waals surface area contributed by atoms with Crippen LogP contribution in [0.3, 0.4) is 0 Å². The molecule has 0 unspecified atom stereocenters. The van der Waals surface area contributed by atoms with Crippen LogP contribution in [0.2, 0.25) is 0 Å². The summed E-state index contributed by atoms with van der Waals surface area (Å²) in [6.07, 6.45) is 0.700. The molecule has 0 amide bonds. The van der Waals surface area contributed by atoms with E-state index in [9.17, 15) is 4.79 Å². The lowest BCUT2D eigenvalue weighted by Crippen LogP contribution is -2.23. The van der Waals surface area contributed by atoms with Crippen LogP contribution in [0.5, 0.6) is 6.01 Å². The van der Waals surface area contributed by atoms with Crippen molar-refractivity contribution in [3.05, 3.63) is 81.8 Å². The first kappa shape index (κ1) is 19.4. The number of ether oxygens (including phenoxy) is 1. The monoisotopic (exact) mass is 380 g/mol. The molecule has 1 heterocycles. The van der Waals surface area contributed by atoms with Gasteiger partial charge in [-0.1, -0.05) is 59.8 Å². The molecule has 0 radical (unpaired) electrons. The van der Waals surface area contributed by atoms with Gasteiger partial charge >= 0.3 is 11.7 Å². The molecular formula is C21H24N4O3. The number of hydrogen-bond donors (Lipinski definition) is 0. The molecule has 0 saturated heterocycles. The number of rotatable bonds is 8. The molecule has 3 aromatic rings. The van der Waals surface area contributed by atoms with Crippen LogP contribution in [-0.2, 0) is 31.5 Å². The number of benzene rings is 2. The van der Waals surface area contributed by atoms with E-state index in [-0.39, 0.29) is 5.69 Å². The summed E-state index contributed by atoms with van der Waals surface area (Å²) in [6, 6.07) is 18.3. The van der Waals surface area contributed by atoms with Crippen LogP contribution in [-0.4, -0.2) is 27.2 Å². The highest BCUT2D eigenvalue weighted by Gasteiger charge is 2.11. The molecule has 0 fully saturated rings. The number of hydrogen-bond acceptors (Lipinski definition) is 5. The molecule has 1 aromatic heterocycles. The fraction of sp³-hybridized carbons (Fsp3) is 0.286. The van der Waals surface area contributed by atoms with Crippen molar-refractivity contribution in [3.63, 3.8) is 0 Å². The number of nitrogens with zero attached hydrogens (tertiary/aromatic N) is 4. The standard InChI is InChI=1S/C21H24N4O3/c1-16(23-28-15-19-7-5-4-6-8-19)13-17-9-11-18(12-10-17)14-25-20(27-3)22-24(2)21(25)26/h4-12H,13-15H2,1-3H3/b23-16+. The topological polar surface area (TPSA) is 70.6 Å². The van der Waals surface area contributed by atoms with Gasteiger partial charge in [-0.05, 0) is 23.6 Å². The molecule has 0 atom stereocenters. The predicted octanol–water partition coefficient (Wildman–Crippen LogP) is 2.77. The molecule has 0 bridgehead atoms. The lowest BCUT2D eigenvalue weighted by Gasteiger charge is -2.06. The summed E-state index contributed by atoms with van der Waals surface area (Å²) >= 11 is 0. The van der Waals surface area contributed by atoms with Crippen LogP contribution < -0.4 is 10.4 Å². The Labute approximate surface area is 163 Å². The predicted molar refractivity (Wildman–Crippen MR) is 108 cm³/mol. The maximum atomic E-state index is 12.1. The highest BCUT2D eigenvalue weighted by Crippen LogP contribution is 2.11. The summed E-state index contributed by atoms with van der Waals surface area (Å²) in [7, 11) is 3.11. The van der Waals surface area contributed by atoms with Crippen LogP contribution in [0.4, 0.5) is 0 Å². The second kappa shape index (κ2) is 9.03. The van der Waals surface area contributed by atoms with Gasteiger partial charge in [0.15, 0.2) is 0 Å². The minimum atomic E-state index is -0.209. The third-order valence-corrected chi connectivity index (χ3v) is 4.27. The zero-order valence-electron chi connectivity index (χ0n) is 16.3. The van der Waals surface area contributed by atoms with E-state index < -0.39 is 0 Å². The quantitative estimate of drug-likeness (QED) is 0.445. The molecule has 0 N–H and O–H groups in total. The van der Waals surface area contributed by atoms with Crippen molar-refractivity contribution in [1.29, 1.82) is 0 Å². The molecule has 7 nitrogen and oxygen atoms in total. The molecule has 0 aliphatic heterocycles. The molecule has 7 heteroatoms. The fourth-order valence-corrected chi connectivity index (χ4v) is 2.83. The van der Waals surface area contributed by atoms with Crippen molar-refractivity contribution in [3.8, 4) is 6.01 Å². The lowest BCUT2D eigenvalue weighted by atomic mass is 10.1. The van der Waals surface area contributed by atoms with Crippen molar-refractivity contribution < 1.29 is 9.57 Å². The van der Waals surface area contributed by atoms with E-state index in [1.165, 1.54) is 16.4 Å². The van der Waals surface area contributed by atoms with Gasteiger partial charge in [-0.15, -0.1) is 5.10 Å². The van der Waals surface area contributed by atoms with Crippen LogP contribution in [0.25, 0.3) is 0 Å². The summed E-state index contributed by atoms with van der Waals surface area (Å²) in [5.41, 5.74) is 3.89. The normalized spacial score (nSPS) is 11.5. The van der Waals surface area contributed by atoms with Gasteiger partial charge in [-0.2, -0.15) is 0 Å². The number of oxime groups is 1. The summed E-state index contributed by atoms with van der Waals surface area (Å²) in [5, 5.41) is 8.23. The summed E-state index contributed by atoms with van der Waals surface area (Å²) < 4.78 is 7.93. The van der Waals surface area contributed by atoms with Gasteiger partial charge in [0.2, 0.25) is 0 Å². The Morgan fingerprint density at radius 3 is 2.39 bits per heavy atom. The third-order valence-electron chi connectivity index (χ3n) is 4.27. The van der Waals surface area contributed by atoms with E-state index in [2.05, 4.69) is 10.3 Å². The van der Waals surface area contributed by atoms with E-state index in [0.717, 1.165) is 22.4 Å². The zero-order valence-corrected chi connectivity index (χ0v) is 16.3. The summed E-state index contributed by atoms with van der Waals surface area (Å²) in [6.45, 7) is 2.81. The molecule has 3 rings (SSSR count). The second-order valence-electron chi connectivity index (χ2n) is 6.56. The molecule has 0 aliphatic carbocycles. The second-order valence-corrected chi connectivity index (χ2v) is 6.56. The summed E-state index contributed by atoms with van der Waals surface area (Å²) in [4.78, 5) is 17.5. The first-order valence-corrected chi connectivity index (χ1v) is 9.02. The Morgan fingerprint density at radius 1 is 1.04 bits per heavy atom. The lowest BCUT2D eigenvalue weighted by molar-refractivity contribution is 0.130. The Bertz CT molecular complexity index is 989. The Morgan fingerprint density at radius 2 is 1.71 bits per heavy atom. The van der Waals surface area contributed by atoms with Crippen molar-refractivity contribution in [2.24, 2.45) is 12.2 Å². The molecular weight excluding hydrogens is 356 g/mol. The fourth-order valence-electron chi connectivity index (χ4n) is 2.83. The minimum absolute atomic E-state index is 0.209. The highest BCUT2D eigenvalue weighted by molar-refractivity contribution is 5.83. The number of aromatic nitrogens is 3. The SMILES string of the molecule is COc1nn(C)c(=O)n1Cc1ccc(C/C(C)=N/OCc2ccccc2)cc1. The molecule has 2 aromatic carbocycles. The van der Waals surface area contributed by atoms with Gasteiger partial charge in [0.25, 0.3) is 0 Å². The van der Waals surface area contributed by atoms with Gasteiger partial charge in [-0.25, -0.2) is 14.0 Å². The van der Waals surface area contributed by atoms with Crippen molar-refractivity contribution >= 4 is 5.71 Å². The number of methoxy groups -OCH3 is 1. The minimum Gasteiger partial charge on any atom is -0.467 e. The van der Waals surface area contributed by atoms with Crippen LogP contribution in [0.1, 0.15) is 23.6 Å². The highest BCUT2D eigenvalue weighted by atomic mass is 16.6. The third kappa shape index (κ3) is 4.88. The van der Waals surface area contributed by atoms with E-state index >= 15 is 0 Å². The van der Waals surface area contributed by atoms with Crippen LogP contribution in [0.15, 0.2) is 64.5 Å². The largest absolute Gasteiger partial charge is 0.467 e. The smallest absolute Gasteiger partial charge is 0.348 e.